The summed E-state index contributed by atoms with van der Waals surface area (Å²) in [5, 5.41) is 11.2. The highest BCUT2D eigenvalue weighted by molar-refractivity contribution is 6.42. The molecule has 0 heterocycles. The Balaban J connectivity index is 2.04. The third kappa shape index (κ3) is 4.76. The van der Waals surface area contributed by atoms with Crippen LogP contribution < -0.4 is 0 Å². The number of hydrogen-bond donors (Lipinski definition) is 0. The predicted octanol–water partition coefficient (Wildman–Crippen LogP) is 8.52. The van der Waals surface area contributed by atoms with Crippen molar-refractivity contribution in [2.24, 2.45) is 0 Å². The largest absolute Gasteiger partial charge is 0.192 e. The minimum atomic E-state index is 0.467. The lowest BCUT2D eigenvalue weighted by atomic mass is 9.76. The fourth-order valence-corrected chi connectivity index (χ4v) is 5.60. The molecule has 0 radical (unpaired) electrons. The summed E-state index contributed by atoms with van der Waals surface area (Å²) in [6.07, 6.45) is 17.8. The molecule has 2 aliphatic rings. The molecule has 2 saturated carbocycles. The van der Waals surface area contributed by atoms with E-state index in [0.717, 1.165) is 10.6 Å². The molecule has 0 aliphatic heterocycles. The van der Waals surface area contributed by atoms with Gasteiger partial charge in [0.05, 0.1) is 21.7 Å². The second-order valence-electron chi connectivity index (χ2n) is 8.24. The van der Waals surface area contributed by atoms with Gasteiger partial charge in [0.25, 0.3) is 0 Å². The standard InChI is InChI=1S/C23H31Cl2N/c24-20-15-19(16-26)21(17-11-7-3-1-4-8-12-17)22(23(20)25)18-13-9-5-2-6-10-14-18/h15,17-18H,1-14H2. The summed E-state index contributed by atoms with van der Waals surface area (Å²) in [7, 11) is 0. The highest BCUT2D eigenvalue weighted by atomic mass is 35.5. The van der Waals surface area contributed by atoms with Crippen LogP contribution in [0.15, 0.2) is 6.07 Å². The van der Waals surface area contributed by atoms with E-state index in [4.69, 9.17) is 23.2 Å². The third-order valence-electron chi connectivity index (χ3n) is 6.44. The van der Waals surface area contributed by atoms with Crippen molar-refractivity contribution in [2.75, 3.05) is 0 Å². The Bertz CT molecular complexity index is 631. The first kappa shape index (κ1) is 20.0. The van der Waals surface area contributed by atoms with Crippen LogP contribution in [-0.2, 0) is 0 Å². The highest BCUT2D eigenvalue weighted by Crippen LogP contribution is 2.46. The van der Waals surface area contributed by atoms with Crippen molar-refractivity contribution in [3.8, 4) is 6.07 Å². The summed E-state index contributed by atoms with van der Waals surface area (Å²) >= 11 is 13.3. The van der Waals surface area contributed by atoms with Crippen LogP contribution in [-0.4, -0.2) is 0 Å². The number of benzene rings is 1. The van der Waals surface area contributed by atoms with E-state index in [1.807, 2.05) is 6.07 Å². The molecule has 0 saturated heterocycles. The van der Waals surface area contributed by atoms with Crippen LogP contribution in [0.4, 0.5) is 0 Å². The topological polar surface area (TPSA) is 23.8 Å². The van der Waals surface area contributed by atoms with Crippen molar-refractivity contribution >= 4 is 23.2 Å². The van der Waals surface area contributed by atoms with Gasteiger partial charge >= 0.3 is 0 Å². The fourth-order valence-electron chi connectivity index (χ4n) is 5.08. The van der Waals surface area contributed by atoms with Crippen LogP contribution in [0.5, 0.6) is 0 Å². The molecule has 0 bridgehead atoms. The maximum Gasteiger partial charge on any atom is 0.0995 e. The Kier molecular flexibility index (Phi) is 7.71. The number of rotatable bonds is 2. The van der Waals surface area contributed by atoms with Crippen molar-refractivity contribution < 1.29 is 0 Å². The molecular formula is C23H31Cl2N. The van der Waals surface area contributed by atoms with Crippen molar-refractivity contribution in [3.63, 3.8) is 0 Å². The van der Waals surface area contributed by atoms with Crippen LogP contribution in [0.1, 0.15) is 118 Å². The van der Waals surface area contributed by atoms with E-state index in [9.17, 15) is 5.26 Å². The Hall–Kier alpha value is -0.710. The summed E-state index contributed by atoms with van der Waals surface area (Å²) < 4.78 is 0. The lowest BCUT2D eigenvalue weighted by Gasteiger charge is -2.30. The maximum absolute atomic E-state index is 9.86. The monoisotopic (exact) mass is 391 g/mol. The zero-order chi connectivity index (χ0) is 18.4. The lowest BCUT2D eigenvalue weighted by molar-refractivity contribution is 0.433. The van der Waals surface area contributed by atoms with E-state index in [2.05, 4.69) is 6.07 Å². The van der Waals surface area contributed by atoms with Gasteiger partial charge < -0.3 is 0 Å². The molecule has 26 heavy (non-hydrogen) atoms. The van der Waals surface area contributed by atoms with Gasteiger partial charge in [0.1, 0.15) is 0 Å². The molecule has 3 rings (SSSR count). The number of nitriles is 1. The van der Waals surface area contributed by atoms with Gasteiger partial charge in [-0.15, -0.1) is 0 Å². The normalized spacial score (nSPS) is 21.3. The average Bonchev–Trinajstić information content (AvgIpc) is 2.58. The van der Waals surface area contributed by atoms with Gasteiger partial charge in [-0.1, -0.05) is 87.4 Å². The molecule has 2 fully saturated rings. The Morgan fingerprint density at radius 1 is 0.692 bits per heavy atom. The third-order valence-corrected chi connectivity index (χ3v) is 7.25. The second kappa shape index (κ2) is 10.0. The molecule has 0 spiro atoms. The van der Waals surface area contributed by atoms with E-state index in [0.29, 0.717) is 16.9 Å². The van der Waals surface area contributed by atoms with Crippen molar-refractivity contribution in [3.05, 3.63) is 32.8 Å². The van der Waals surface area contributed by atoms with E-state index in [1.165, 1.54) is 101 Å². The first-order valence-electron chi connectivity index (χ1n) is 10.6. The molecule has 0 unspecified atom stereocenters. The van der Waals surface area contributed by atoms with Crippen LogP contribution in [0, 0.1) is 11.3 Å². The summed E-state index contributed by atoms with van der Waals surface area (Å²) in [6.45, 7) is 0. The van der Waals surface area contributed by atoms with Crippen molar-refractivity contribution in [1.82, 2.24) is 0 Å². The summed E-state index contributed by atoms with van der Waals surface area (Å²) in [6, 6.07) is 4.29. The second-order valence-corrected chi connectivity index (χ2v) is 9.03. The molecule has 0 aromatic heterocycles. The molecule has 2 aliphatic carbocycles. The zero-order valence-electron chi connectivity index (χ0n) is 15.8. The zero-order valence-corrected chi connectivity index (χ0v) is 17.3. The molecule has 0 N–H and O–H groups in total. The molecule has 3 heteroatoms. The smallest absolute Gasteiger partial charge is 0.0995 e. The molecule has 0 atom stereocenters. The highest BCUT2D eigenvalue weighted by Gasteiger charge is 2.28. The van der Waals surface area contributed by atoms with Crippen LogP contribution in [0.25, 0.3) is 0 Å². The van der Waals surface area contributed by atoms with E-state index in [-0.39, 0.29) is 0 Å². The fraction of sp³-hybridized carbons (Fsp3) is 0.696. The molecule has 142 valence electrons. The maximum atomic E-state index is 9.86. The Labute approximate surface area is 169 Å². The van der Waals surface area contributed by atoms with Gasteiger partial charge in [-0.25, -0.2) is 0 Å². The number of halogens is 2. The number of nitrogens with zero attached hydrogens (tertiary/aromatic N) is 1. The van der Waals surface area contributed by atoms with E-state index >= 15 is 0 Å². The Morgan fingerprint density at radius 3 is 1.58 bits per heavy atom. The molecule has 1 aromatic carbocycles. The van der Waals surface area contributed by atoms with Gasteiger partial charge in [0.2, 0.25) is 0 Å². The van der Waals surface area contributed by atoms with Crippen LogP contribution >= 0.6 is 23.2 Å². The van der Waals surface area contributed by atoms with E-state index in [1.54, 1.807) is 0 Å². The number of hydrogen-bond acceptors (Lipinski definition) is 1. The summed E-state index contributed by atoms with van der Waals surface area (Å²) in [5.74, 6) is 0.939. The first-order chi connectivity index (χ1) is 12.7. The SMILES string of the molecule is N#Cc1cc(Cl)c(Cl)c(C2CCCCCCC2)c1C1CCCCCCC1. The summed E-state index contributed by atoms with van der Waals surface area (Å²) in [4.78, 5) is 0. The van der Waals surface area contributed by atoms with Crippen LogP contribution in [0.2, 0.25) is 10.0 Å². The molecular weight excluding hydrogens is 361 g/mol. The molecule has 0 amide bonds. The van der Waals surface area contributed by atoms with Crippen LogP contribution in [0.3, 0.4) is 0 Å². The Morgan fingerprint density at radius 2 is 1.12 bits per heavy atom. The minimum absolute atomic E-state index is 0.467. The lowest BCUT2D eigenvalue weighted by Crippen LogP contribution is -2.13. The average molecular weight is 392 g/mol. The molecule has 1 aromatic rings. The first-order valence-corrected chi connectivity index (χ1v) is 11.4. The van der Waals surface area contributed by atoms with Gasteiger partial charge in [-0.3, -0.25) is 0 Å². The van der Waals surface area contributed by atoms with E-state index < -0.39 is 0 Å². The minimum Gasteiger partial charge on any atom is -0.192 e. The summed E-state index contributed by atoms with van der Waals surface area (Å²) in [5.41, 5.74) is 3.28. The van der Waals surface area contributed by atoms with Crippen molar-refractivity contribution in [2.45, 2.75) is 102 Å². The quantitative estimate of drug-likeness (QED) is 0.495. The predicted molar refractivity (Wildman–Crippen MR) is 111 cm³/mol. The molecule has 1 nitrogen and oxygen atoms in total. The van der Waals surface area contributed by atoms with Crippen molar-refractivity contribution in [1.29, 1.82) is 5.26 Å². The van der Waals surface area contributed by atoms with Gasteiger partial charge in [0, 0.05) is 0 Å². The van der Waals surface area contributed by atoms with Gasteiger partial charge in [-0.2, -0.15) is 5.26 Å². The van der Waals surface area contributed by atoms with Gasteiger partial charge in [-0.05, 0) is 54.7 Å². The van der Waals surface area contributed by atoms with Gasteiger partial charge in [0.15, 0.2) is 0 Å².